The minimum atomic E-state index is -0.143. The van der Waals surface area contributed by atoms with Crippen LogP contribution < -0.4 is 5.32 Å². The Kier molecular flexibility index (Phi) is 4.34. The third kappa shape index (κ3) is 3.04. The second-order valence-corrected chi connectivity index (χ2v) is 6.64. The number of carbonyl (C=O) groups excluding carboxylic acids is 1. The molecule has 1 amide bonds. The van der Waals surface area contributed by atoms with Crippen LogP contribution in [0, 0.1) is 6.92 Å². The maximum absolute atomic E-state index is 12.0. The molecule has 2 N–H and O–H groups in total. The zero-order valence-corrected chi connectivity index (χ0v) is 15.0. The van der Waals surface area contributed by atoms with Crippen molar-refractivity contribution in [2.45, 2.75) is 26.4 Å². The van der Waals surface area contributed by atoms with Gasteiger partial charge in [-0.05, 0) is 24.6 Å². The van der Waals surface area contributed by atoms with Crippen LogP contribution in [-0.2, 0) is 19.5 Å². The molecule has 4 rings (SSSR count). The monoisotopic (exact) mass is 350 g/mol. The molecule has 0 saturated heterocycles. The zero-order chi connectivity index (χ0) is 18.1. The summed E-state index contributed by atoms with van der Waals surface area (Å²) in [7, 11) is 1.63. The third-order valence-corrected chi connectivity index (χ3v) is 4.87. The molecule has 1 aliphatic rings. The average molecular weight is 350 g/mol. The molecule has 0 spiro atoms. The van der Waals surface area contributed by atoms with Gasteiger partial charge in [0, 0.05) is 49.9 Å². The van der Waals surface area contributed by atoms with Crippen molar-refractivity contribution in [1.82, 2.24) is 20.4 Å². The number of rotatable bonds is 4. The van der Waals surface area contributed by atoms with Gasteiger partial charge in [-0.3, -0.25) is 14.8 Å². The predicted octanol–water partition coefficient (Wildman–Crippen LogP) is 2.90. The van der Waals surface area contributed by atoms with Gasteiger partial charge in [-0.25, -0.2) is 0 Å². The molecule has 134 valence electrons. The Morgan fingerprint density at radius 3 is 2.92 bits per heavy atom. The summed E-state index contributed by atoms with van der Waals surface area (Å²) in [6.45, 7) is 4.39. The van der Waals surface area contributed by atoms with Gasteiger partial charge in [0.25, 0.3) is 5.91 Å². The van der Waals surface area contributed by atoms with E-state index in [1.807, 2.05) is 25.1 Å². The standard InChI is InChI=1S/C20H22N4O2/c1-13-7-8-18(26-13)15-6-4-3-5-14(15)11-24-10-9-17-16(12-24)19(23-22-17)20(25)21-2/h3-8H,9-12H2,1-2H3,(H,21,25)(H,22,23). The number of H-pyrrole nitrogens is 1. The number of furan rings is 1. The van der Waals surface area contributed by atoms with E-state index in [1.54, 1.807) is 7.05 Å². The Hall–Kier alpha value is -2.86. The van der Waals surface area contributed by atoms with E-state index in [0.717, 1.165) is 47.9 Å². The predicted molar refractivity (Wildman–Crippen MR) is 98.7 cm³/mol. The molecule has 3 heterocycles. The second-order valence-electron chi connectivity index (χ2n) is 6.64. The molecule has 6 nitrogen and oxygen atoms in total. The molecule has 0 saturated carbocycles. The molecule has 0 radical (unpaired) electrons. The normalized spacial score (nSPS) is 14.2. The first-order valence-electron chi connectivity index (χ1n) is 8.81. The first kappa shape index (κ1) is 16.6. The maximum Gasteiger partial charge on any atom is 0.271 e. The summed E-state index contributed by atoms with van der Waals surface area (Å²) in [5, 5.41) is 9.88. The van der Waals surface area contributed by atoms with Crippen LogP contribution in [0.4, 0.5) is 0 Å². The molecular formula is C20H22N4O2. The molecule has 0 fully saturated rings. The van der Waals surface area contributed by atoms with E-state index in [1.165, 1.54) is 5.56 Å². The van der Waals surface area contributed by atoms with Gasteiger partial charge in [0.2, 0.25) is 0 Å². The molecule has 3 aromatic rings. The van der Waals surface area contributed by atoms with Crippen LogP contribution >= 0.6 is 0 Å². The van der Waals surface area contributed by atoms with Gasteiger partial charge in [-0.1, -0.05) is 24.3 Å². The number of hydrogen-bond donors (Lipinski definition) is 2. The van der Waals surface area contributed by atoms with Gasteiger partial charge < -0.3 is 9.73 Å². The van der Waals surface area contributed by atoms with Crippen molar-refractivity contribution in [1.29, 1.82) is 0 Å². The lowest BCUT2D eigenvalue weighted by Gasteiger charge is -2.27. The number of nitrogens with zero attached hydrogens (tertiary/aromatic N) is 2. The van der Waals surface area contributed by atoms with Crippen molar-refractivity contribution >= 4 is 5.91 Å². The summed E-state index contributed by atoms with van der Waals surface area (Å²) in [6.07, 6.45) is 0.862. The number of amides is 1. The topological polar surface area (TPSA) is 74.2 Å². The van der Waals surface area contributed by atoms with Gasteiger partial charge in [0.05, 0.1) is 0 Å². The van der Waals surface area contributed by atoms with Crippen molar-refractivity contribution in [3.8, 4) is 11.3 Å². The van der Waals surface area contributed by atoms with Crippen LogP contribution in [0.1, 0.15) is 33.1 Å². The van der Waals surface area contributed by atoms with Gasteiger partial charge in [0.1, 0.15) is 11.5 Å². The highest BCUT2D eigenvalue weighted by Crippen LogP contribution is 2.28. The zero-order valence-electron chi connectivity index (χ0n) is 15.0. The first-order valence-corrected chi connectivity index (χ1v) is 8.81. The number of hydrogen-bond acceptors (Lipinski definition) is 4. The summed E-state index contributed by atoms with van der Waals surface area (Å²) >= 11 is 0. The summed E-state index contributed by atoms with van der Waals surface area (Å²) < 4.78 is 5.82. The molecule has 2 aromatic heterocycles. The van der Waals surface area contributed by atoms with E-state index in [-0.39, 0.29) is 5.91 Å². The van der Waals surface area contributed by atoms with Crippen molar-refractivity contribution in [3.05, 3.63) is 64.7 Å². The number of aromatic nitrogens is 2. The van der Waals surface area contributed by atoms with Crippen molar-refractivity contribution in [2.75, 3.05) is 13.6 Å². The van der Waals surface area contributed by atoms with E-state index >= 15 is 0 Å². The lowest BCUT2D eigenvalue weighted by molar-refractivity contribution is 0.0955. The highest BCUT2D eigenvalue weighted by molar-refractivity contribution is 5.93. The number of carbonyl (C=O) groups is 1. The largest absolute Gasteiger partial charge is 0.461 e. The Bertz CT molecular complexity index is 941. The molecule has 6 heteroatoms. The summed E-state index contributed by atoms with van der Waals surface area (Å²) in [5.74, 6) is 1.66. The molecule has 1 aliphatic heterocycles. The summed E-state index contributed by atoms with van der Waals surface area (Å²) in [4.78, 5) is 14.4. The molecule has 26 heavy (non-hydrogen) atoms. The van der Waals surface area contributed by atoms with E-state index in [9.17, 15) is 4.79 Å². The number of aromatic amines is 1. The number of fused-ring (bicyclic) bond motifs is 1. The maximum atomic E-state index is 12.0. The van der Waals surface area contributed by atoms with Crippen LogP contribution in [0.2, 0.25) is 0 Å². The van der Waals surface area contributed by atoms with Crippen LogP contribution in [-0.4, -0.2) is 34.6 Å². The van der Waals surface area contributed by atoms with E-state index < -0.39 is 0 Å². The Morgan fingerprint density at radius 2 is 2.15 bits per heavy atom. The third-order valence-electron chi connectivity index (χ3n) is 4.87. The second kappa shape index (κ2) is 6.80. The SMILES string of the molecule is CNC(=O)c1n[nH]c2c1CN(Cc1ccccc1-c1ccc(C)o1)CC2. The molecule has 1 aromatic carbocycles. The van der Waals surface area contributed by atoms with E-state index in [4.69, 9.17) is 4.42 Å². The van der Waals surface area contributed by atoms with Gasteiger partial charge in [0.15, 0.2) is 5.69 Å². The first-order chi connectivity index (χ1) is 12.7. The molecule has 0 unspecified atom stereocenters. The van der Waals surface area contributed by atoms with Crippen molar-refractivity contribution in [3.63, 3.8) is 0 Å². The number of benzene rings is 1. The molecule has 0 bridgehead atoms. The van der Waals surface area contributed by atoms with Gasteiger partial charge in [-0.15, -0.1) is 0 Å². The smallest absolute Gasteiger partial charge is 0.271 e. The minimum Gasteiger partial charge on any atom is -0.461 e. The number of aryl methyl sites for hydroxylation is 1. The Labute approximate surface area is 152 Å². The van der Waals surface area contributed by atoms with Crippen molar-refractivity contribution in [2.24, 2.45) is 0 Å². The average Bonchev–Trinajstić information content (AvgIpc) is 3.27. The van der Waals surface area contributed by atoms with Crippen LogP contribution in [0.3, 0.4) is 0 Å². The number of nitrogens with one attached hydrogen (secondary N) is 2. The van der Waals surface area contributed by atoms with Crippen LogP contribution in [0.25, 0.3) is 11.3 Å². The van der Waals surface area contributed by atoms with Crippen LogP contribution in [0.5, 0.6) is 0 Å². The lowest BCUT2D eigenvalue weighted by Crippen LogP contribution is -2.31. The van der Waals surface area contributed by atoms with Gasteiger partial charge >= 0.3 is 0 Å². The summed E-state index contributed by atoms with van der Waals surface area (Å²) in [5.41, 5.74) is 4.90. The molecule has 0 aliphatic carbocycles. The Balaban J connectivity index is 1.58. The van der Waals surface area contributed by atoms with E-state index in [0.29, 0.717) is 12.2 Å². The quantitative estimate of drug-likeness (QED) is 0.759. The summed E-state index contributed by atoms with van der Waals surface area (Å²) in [6, 6.07) is 12.3. The van der Waals surface area contributed by atoms with Crippen LogP contribution in [0.15, 0.2) is 40.8 Å². The van der Waals surface area contributed by atoms with Gasteiger partial charge in [-0.2, -0.15) is 5.10 Å². The molecule has 0 atom stereocenters. The fourth-order valence-corrected chi connectivity index (χ4v) is 3.51. The lowest BCUT2D eigenvalue weighted by atomic mass is 10.0. The minimum absolute atomic E-state index is 0.143. The Morgan fingerprint density at radius 1 is 1.31 bits per heavy atom. The molecular weight excluding hydrogens is 328 g/mol. The highest BCUT2D eigenvalue weighted by atomic mass is 16.3. The van der Waals surface area contributed by atoms with Crippen molar-refractivity contribution < 1.29 is 9.21 Å². The highest BCUT2D eigenvalue weighted by Gasteiger charge is 2.25. The fraction of sp³-hybridized carbons (Fsp3) is 0.300. The fourth-order valence-electron chi connectivity index (χ4n) is 3.51. The van der Waals surface area contributed by atoms with E-state index in [2.05, 4.69) is 38.6 Å².